The zero-order valence-electron chi connectivity index (χ0n) is 9.89. The molecule has 2 heterocycles. The predicted molar refractivity (Wildman–Crippen MR) is 64.4 cm³/mol. The van der Waals surface area contributed by atoms with Gasteiger partial charge < -0.3 is 4.57 Å². The van der Waals surface area contributed by atoms with Crippen molar-refractivity contribution in [1.82, 2.24) is 14.8 Å². The highest BCUT2D eigenvalue weighted by Gasteiger charge is 2.24. The fourth-order valence-electron chi connectivity index (χ4n) is 2.55. The minimum atomic E-state index is 0.142. The van der Waals surface area contributed by atoms with Crippen LogP contribution in [0.3, 0.4) is 0 Å². The summed E-state index contributed by atoms with van der Waals surface area (Å²) < 4.78 is 2.17. The van der Waals surface area contributed by atoms with Crippen LogP contribution in [0.15, 0.2) is 18.2 Å². The van der Waals surface area contributed by atoms with Gasteiger partial charge in [0.25, 0.3) is 0 Å². The number of fused-ring (bicyclic) bond motifs is 1. The number of ketones is 1. The highest BCUT2D eigenvalue weighted by Crippen LogP contribution is 2.29. The van der Waals surface area contributed by atoms with Crippen LogP contribution in [-0.4, -0.2) is 20.5 Å². The molecule has 0 saturated carbocycles. The second-order valence-electron chi connectivity index (χ2n) is 4.77. The molecule has 1 aromatic heterocycles. The van der Waals surface area contributed by atoms with Crippen LogP contribution in [0.5, 0.6) is 0 Å². The van der Waals surface area contributed by atoms with Crippen LogP contribution in [0.4, 0.5) is 0 Å². The first kappa shape index (κ1) is 10.4. The summed E-state index contributed by atoms with van der Waals surface area (Å²) in [4.78, 5) is 11.4. The quantitative estimate of drug-likeness (QED) is 0.740. The molecular formula is C13H15N3O. The number of carbonyl (C=O) groups is 1. The lowest BCUT2D eigenvalue weighted by Gasteiger charge is -2.21. The summed E-state index contributed by atoms with van der Waals surface area (Å²) in [5.41, 5.74) is 0.991. The van der Waals surface area contributed by atoms with Crippen molar-refractivity contribution in [3.05, 3.63) is 29.9 Å². The van der Waals surface area contributed by atoms with E-state index in [9.17, 15) is 4.79 Å². The molecule has 0 N–H and O–H groups in total. The van der Waals surface area contributed by atoms with Gasteiger partial charge in [-0.2, -0.15) is 0 Å². The smallest absolute Gasteiger partial charge is 0.160 e. The van der Waals surface area contributed by atoms with Crippen molar-refractivity contribution >= 4 is 11.4 Å². The van der Waals surface area contributed by atoms with Crippen LogP contribution in [0.25, 0.3) is 5.57 Å². The maximum absolute atomic E-state index is 11.4. The molecule has 1 aromatic rings. The lowest BCUT2D eigenvalue weighted by Crippen LogP contribution is -2.16. The van der Waals surface area contributed by atoms with Gasteiger partial charge >= 0.3 is 0 Å². The Balaban J connectivity index is 2.02. The summed E-state index contributed by atoms with van der Waals surface area (Å²) in [7, 11) is 0. The van der Waals surface area contributed by atoms with Crippen molar-refractivity contribution in [2.24, 2.45) is 0 Å². The Bertz CT molecular complexity index is 525. The molecule has 1 aliphatic heterocycles. The zero-order valence-corrected chi connectivity index (χ0v) is 9.89. The van der Waals surface area contributed by atoms with Crippen molar-refractivity contribution in [3.63, 3.8) is 0 Å². The maximum atomic E-state index is 11.4. The third-order valence-corrected chi connectivity index (χ3v) is 3.47. The van der Waals surface area contributed by atoms with Crippen LogP contribution in [-0.2, 0) is 11.3 Å². The van der Waals surface area contributed by atoms with Crippen molar-refractivity contribution < 1.29 is 4.79 Å². The predicted octanol–water partition coefficient (Wildman–Crippen LogP) is 2.09. The van der Waals surface area contributed by atoms with Gasteiger partial charge in [0.05, 0.1) is 0 Å². The fraction of sp³-hybridized carbons (Fsp3) is 0.462. The van der Waals surface area contributed by atoms with E-state index in [1.54, 1.807) is 12.2 Å². The molecule has 3 rings (SSSR count). The molecule has 0 radical (unpaired) electrons. The normalized spacial score (nSPS) is 23.5. The number of carbonyl (C=O) groups excluding carboxylic acids is 1. The molecule has 1 unspecified atom stereocenters. The van der Waals surface area contributed by atoms with Gasteiger partial charge in [-0.3, -0.25) is 4.79 Å². The summed E-state index contributed by atoms with van der Waals surface area (Å²) in [5, 5.41) is 8.54. The molecule has 0 amide bonds. The van der Waals surface area contributed by atoms with Crippen molar-refractivity contribution in [2.45, 2.75) is 38.6 Å². The number of rotatable bonds is 1. The first-order valence-electron chi connectivity index (χ1n) is 6.09. The van der Waals surface area contributed by atoms with Crippen LogP contribution < -0.4 is 0 Å². The number of allylic oxidation sites excluding steroid dienone is 4. The Kier molecular flexibility index (Phi) is 2.42. The summed E-state index contributed by atoms with van der Waals surface area (Å²) in [5.74, 6) is 2.56. The molecule has 1 aliphatic carbocycles. The van der Waals surface area contributed by atoms with Gasteiger partial charge in [-0.05, 0) is 18.9 Å². The van der Waals surface area contributed by atoms with E-state index in [-0.39, 0.29) is 5.78 Å². The first-order chi connectivity index (χ1) is 8.25. The fourth-order valence-corrected chi connectivity index (χ4v) is 2.55. The van der Waals surface area contributed by atoms with E-state index < -0.39 is 0 Å². The molecule has 17 heavy (non-hydrogen) atoms. The first-order valence-corrected chi connectivity index (χ1v) is 6.09. The summed E-state index contributed by atoms with van der Waals surface area (Å²) in [6, 6.07) is 0. The van der Waals surface area contributed by atoms with Crippen LogP contribution in [0.1, 0.15) is 43.8 Å². The molecule has 4 heteroatoms. The number of aromatic nitrogens is 3. The average Bonchev–Trinajstić information content (AvgIpc) is 2.74. The Morgan fingerprint density at radius 3 is 3.12 bits per heavy atom. The molecule has 0 aromatic carbocycles. The molecular weight excluding hydrogens is 214 g/mol. The van der Waals surface area contributed by atoms with Crippen molar-refractivity contribution in [1.29, 1.82) is 0 Å². The summed E-state index contributed by atoms with van der Waals surface area (Å²) in [6.45, 7) is 3.15. The molecule has 4 nitrogen and oxygen atoms in total. The molecule has 1 atom stereocenters. The van der Waals surface area contributed by atoms with E-state index in [1.807, 2.05) is 6.08 Å². The minimum absolute atomic E-state index is 0.142. The summed E-state index contributed by atoms with van der Waals surface area (Å²) >= 11 is 0. The monoisotopic (exact) mass is 229 g/mol. The van der Waals surface area contributed by atoms with E-state index >= 15 is 0 Å². The van der Waals surface area contributed by atoms with Crippen LogP contribution >= 0.6 is 0 Å². The largest absolute Gasteiger partial charge is 0.311 e. The van der Waals surface area contributed by atoms with Gasteiger partial charge in [0, 0.05) is 24.5 Å². The van der Waals surface area contributed by atoms with E-state index in [4.69, 9.17) is 0 Å². The van der Waals surface area contributed by atoms with Gasteiger partial charge in [0.2, 0.25) is 0 Å². The standard InChI is InChI=1S/C13H15N3O/c1-9-4-3-7-16-12(9)14-15-13(16)10-5-2-6-11(17)8-10/h2,5-6,9H,3-4,7-8H2,1H3. The SMILES string of the molecule is CC1CCCn2c(C3=CC=CC(=O)C3)nnc21. The molecule has 0 saturated heterocycles. The van der Waals surface area contributed by atoms with E-state index in [2.05, 4.69) is 21.7 Å². The van der Waals surface area contributed by atoms with Crippen LogP contribution in [0.2, 0.25) is 0 Å². The topological polar surface area (TPSA) is 47.8 Å². The molecule has 2 aliphatic rings. The lowest BCUT2D eigenvalue weighted by atomic mass is 9.99. The van der Waals surface area contributed by atoms with Gasteiger partial charge in [-0.25, -0.2) is 0 Å². The number of hydrogen-bond donors (Lipinski definition) is 0. The Labute approximate surface area is 100 Å². The molecule has 0 bridgehead atoms. The second kappa shape index (κ2) is 3.95. The van der Waals surface area contributed by atoms with E-state index in [0.717, 1.165) is 30.2 Å². The lowest BCUT2D eigenvalue weighted by molar-refractivity contribution is -0.113. The van der Waals surface area contributed by atoms with Crippen LogP contribution in [0, 0.1) is 0 Å². The maximum Gasteiger partial charge on any atom is 0.160 e. The number of hydrogen-bond acceptors (Lipinski definition) is 3. The third kappa shape index (κ3) is 1.73. The highest BCUT2D eigenvalue weighted by molar-refractivity contribution is 5.99. The Morgan fingerprint density at radius 2 is 2.29 bits per heavy atom. The molecule has 88 valence electrons. The van der Waals surface area contributed by atoms with Gasteiger partial charge in [0.15, 0.2) is 11.6 Å². The highest BCUT2D eigenvalue weighted by atomic mass is 16.1. The Morgan fingerprint density at radius 1 is 1.41 bits per heavy atom. The van der Waals surface area contributed by atoms with Gasteiger partial charge in [-0.15, -0.1) is 10.2 Å². The van der Waals surface area contributed by atoms with Gasteiger partial charge in [0.1, 0.15) is 5.82 Å². The molecule has 0 spiro atoms. The van der Waals surface area contributed by atoms with E-state index in [0.29, 0.717) is 12.3 Å². The van der Waals surface area contributed by atoms with Gasteiger partial charge in [-0.1, -0.05) is 19.1 Å². The van der Waals surface area contributed by atoms with E-state index in [1.165, 1.54) is 6.42 Å². The number of nitrogens with zero attached hydrogens (tertiary/aromatic N) is 3. The van der Waals surface area contributed by atoms with Crippen molar-refractivity contribution in [2.75, 3.05) is 0 Å². The average molecular weight is 229 g/mol. The summed E-state index contributed by atoms with van der Waals surface area (Å²) in [6.07, 6.45) is 8.17. The molecule has 0 fully saturated rings. The third-order valence-electron chi connectivity index (χ3n) is 3.47. The Hall–Kier alpha value is -1.71. The zero-order chi connectivity index (χ0) is 11.8. The minimum Gasteiger partial charge on any atom is -0.311 e. The second-order valence-corrected chi connectivity index (χ2v) is 4.77. The van der Waals surface area contributed by atoms with Crippen molar-refractivity contribution in [3.8, 4) is 0 Å².